The molecule has 0 amide bonds. The van der Waals surface area contributed by atoms with Crippen molar-refractivity contribution in [3.8, 4) is 5.75 Å². The molecule has 0 bridgehead atoms. The number of hydrogen-bond acceptors (Lipinski definition) is 4. The van der Waals surface area contributed by atoms with Crippen LogP contribution >= 0.6 is 0 Å². The summed E-state index contributed by atoms with van der Waals surface area (Å²) in [4.78, 5) is 0. The van der Waals surface area contributed by atoms with Gasteiger partial charge in [0.2, 0.25) is 10.0 Å². The predicted octanol–water partition coefficient (Wildman–Crippen LogP) is 4.34. The summed E-state index contributed by atoms with van der Waals surface area (Å²) in [5.74, 6) is 0.495. The van der Waals surface area contributed by atoms with Gasteiger partial charge in [0.05, 0.1) is 6.61 Å². The van der Waals surface area contributed by atoms with Gasteiger partial charge in [-0.3, -0.25) is 0 Å². The number of nitrogens with two attached hydrogens (primary N) is 1. The third-order valence-electron chi connectivity index (χ3n) is 5.84. The molecule has 0 radical (unpaired) electrons. The molecule has 6 heteroatoms. The molecule has 168 valence electrons. The third kappa shape index (κ3) is 4.18. The van der Waals surface area contributed by atoms with Gasteiger partial charge in [0, 0.05) is 5.56 Å². The predicted molar refractivity (Wildman–Crippen MR) is 126 cm³/mol. The first-order valence-electron chi connectivity index (χ1n) is 10.7. The van der Waals surface area contributed by atoms with Crippen molar-refractivity contribution in [2.45, 2.75) is 37.0 Å². The molecule has 1 saturated heterocycles. The molecule has 0 aliphatic carbocycles. The van der Waals surface area contributed by atoms with Crippen LogP contribution in [0.15, 0.2) is 78.9 Å². The second kappa shape index (κ2) is 8.35. The van der Waals surface area contributed by atoms with E-state index in [1.54, 1.807) is 24.3 Å². The van der Waals surface area contributed by atoms with Crippen LogP contribution in [0, 0.1) is 0 Å². The molecule has 4 rings (SSSR count). The molecule has 32 heavy (non-hydrogen) atoms. The summed E-state index contributed by atoms with van der Waals surface area (Å²) in [5.41, 5.74) is 2.51. The van der Waals surface area contributed by atoms with Crippen molar-refractivity contribution in [3.05, 3.63) is 101 Å². The second-order valence-corrected chi connectivity index (χ2v) is 10.9. The van der Waals surface area contributed by atoms with Crippen LogP contribution in [-0.2, 0) is 24.9 Å². The monoisotopic (exact) mass is 451 g/mol. The van der Waals surface area contributed by atoms with E-state index >= 15 is 0 Å². The molecular formula is C26H29NO4S. The van der Waals surface area contributed by atoms with Gasteiger partial charge < -0.3 is 9.47 Å². The summed E-state index contributed by atoms with van der Waals surface area (Å²) < 4.78 is 37.0. The SMILES string of the molecule is CC(C)(C)c1ccc(C(c2ccccc2)(c2ccccc2)S(N)(=O)=O)c(OCC2CO2)c1. The van der Waals surface area contributed by atoms with E-state index in [2.05, 4.69) is 20.8 Å². The molecule has 1 heterocycles. The smallest absolute Gasteiger partial charge is 0.227 e. The molecule has 1 aliphatic rings. The Morgan fingerprint density at radius 2 is 1.44 bits per heavy atom. The molecule has 1 unspecified atom stereocenters. The Labute approximate surface area is 190 Å². The van der Waals surface area contributed by atoms with Crippen molar-refractivity contribution in [1.29, 1.82) is 0 Å². The van der Waals surface area contributed by atoms with Crippen LogP contribution in [0.4, 0.5) is 0 Å². The molecule has 2 N–H and O–H groups in total. The van der Waals surface area contributed by atoms with Gasteiger partial charge in [0.25, 0.3) is 0 Å². The summed E-state index contributed by atoms with van der Waals surface area (Å²) in [6.45, 7) is 7.32. The highest BCUT2D eigenvalue weighted by molar-refractivity contribution is 7.90. The molecule has 0 aromatic heterocycles. The first-order chi connectivity index (χ1) is 15.1. The number of hydrogen-bond donors (Lipinski definition) is 1. The summed E-state index contributed by atoms with van der Waals surface area (Å²) in [5, 5.41) is 6.06. The summed E-state index contributed by atoms with van der Waals surface area (Å²) in [7, 11) is -4.19. The third-order valence-corrected chi connectivity index (χ3v) is 7.39. The fourth-order valence-electron chi connectivity index (χ4n) is 4.05. The first-order valence-corrected chi connectivity index (χ1v) is 12.2. The zero-order valence-corrected chi connectivity index (χ0v) is 19.4. The van der Waals surface area contributed by atoms with Crippen LogP contribution < -0.4 is 9.88 Å². The fourth-order valence-corrected chi connectivity index (χ4v) is 5.46. The Bertz CT molecular complexity index is 1140. The molecule has 1 fully saturated rings. The summed E-state index contributed by atoms with van der Waals surface area (Å²) in [6.07, 6.45) is 0.0264. The Kier molecular flexibility index (Phi) is 5.88. The van der Waals surface area contributed by atoms with Crippen molar-refractivity contribution in [1.82, 2.24) is 0 Å². The lowest BCUT2D eigenvalue weighted by Crippen LogP contribution is -2.43. The summed E-state index contributed by atoms with van der Waals surface area (Å²) in [6, 6.07) is 23.9. The maximum Gasteiger partial charge on any atom is 0.227 e. The van der Waals surface area contributed by atoms with Crippen LogP contribution in [0.25, 0.3) is 0 Å². The number of rotatable bonds is 7. The van der Waals surface area contributed by atoms with Gasteiger partial charge in [-0.1, -0.05) is 93.6 Å². The Morgan fingerprint density at radius 3 is 1.88 bits per heavy atom. The lowest BCUT2D eigenvalue weighted by Gasteiger charge is -2.35. The normalized spacial score (nSPS) is 16.6. The van der Waals surface area contributed by atoms with Crippen molar-refractivity contribution >= 4 is 10.0 Å². The van der Waals surface area contributed by atoms with Crippen LogP contribution in [0.5, 0.6) is 5.75 Å². The Hall–Kier alpha value is -2.67. The lowest BCUT2D eigenvalue weighted by atomic mass is 9.80. The molecule has 1 aliphatic heterocycles. The van der Waals surface area contributed by atoms with E-state index in [1.165, 1.54) is 0 Å². The van der Waals surface area contributed by atoms with E-state index in [9.17, 15) is 8.42 Å². The summed E-state index contributed by atoms with van der Waals surface area (Å²) >= 11 is 0. The van der Waals surface area contributed by atoms with E-state index < -0.39 is 14.8 Å². The van der Waals surface area contributed by atoms with E-state index in [0.29, 0.717) is 35.7 Å². The molecule has 0 spiro atoms. The van der Waals surface area contributed by atoms with E-state index in [4.69, 9.17) is 14.6 Å². The topological polar surface area (TPSA) is 81.9 Å². The van der Waals surface area contributed by atoms with Crippen molar-refractivity contribution < 1.29 is 17.9 Å². The molecule has 0 saturated carbocycles. The standard InChI is InChI=1S/C26H29NO4S/c1-25(2,3)21-14-15-23(24(16-21)31-18-22-17-30-22)26(32(27,28)29,19-10-6-4-7-11-19)20-12-8-5-9-13-20/h4-16,22H,17-18H2,1-3H3,(H2,27,28,29). The van der Waals surface area contributed by atoms with Gasteiger partial charge in [-0.25, -0.2) is 13.6 Å². The van der Waals surface area contributed by atoms with Crippen LogP contribution in [0.3, 0.4) is 0 Å². The van der Waals surface area contributed by atoms with E-state index in [1.807, 2.05) is 54.6 Å². The number of benzene rings is 3. The zero-order chi connectivity index (χ0) is 23.0. The fraction of sp³-hybridized carbons (Fsp3) is 0.308. The molecule has 1 atom stereocenters. The van der Waals surface area contributed by atoms with Crippen LogP contribution in [0.2, 0.25) is 0 Å². The maximum absolute atomic E-state index is 13.5. The molecule has 5 nitrogen and oxygen atoms in total. The highest BCUT2D eigenvalue weighted by Gasteiger charge is 2.49. The van der Waals surface area contributed by atoms with Gasteiger partial charge in [-0.2, -0.15) is 0 Å². The van der Waals surface area contributed by atoms with Gasteiger partial charge >= 0.3 is 0 Å². The van der Waals surface area contributed by atoms with Gasteiger partial charge in [-0.05, 0) is 28.2 Å². The average molecular weight is 452 g/mol. The van der Waals surface area contributed by atoms with Crippen molar-refractivity contribution in [3.63, 3.8) is 0 Å². The highest BCUT2D eigenvalue weighted by Crippen LogP contribution is 2.47. The van der Waals surface area contributed by atoms with Gasteiger partial charge in [0.15, 0.2) is 4.75 Å². The van der Waals surface area contributed by atoms with Crippen LogP contribution in [0.1, 0.15) is 43.0 Å². The average Bonchev–Trinajstić information content (AvgIpc) is 3.58. The van der Waals surface area contributed by atoms with Crippen molar-refractivity contribution in [2.75, 3.05) is 13.2 Å². The maximum atomic E-state index is 13.5. The minimum atomic E-state index is -4.19. The van der Waals surface area contributed by atoms with Crippen molar-refractivity contribution in [2.24, 2.45) is 5.14 Å². The minimum absolute atomic E-state index is 0.0264. The van der Waals surface area contributed by atoms with Gasteiger partial charge in [0.1, 0.15) is 18.5 Å². The Balaban J connectivity index is 2.05. The second-order valence-electron chi connectivity index (χ2n) is 9.19. The first kappa shape index (κ1) is 22.5. The molecule has 3 aromatic carbocycles. The van der Waals surface area contributed by atoms with Crippen LogP contribution in [-0.4, -0.2) is 27.7 Å². The van der Waals surface area contributed by atoms with Gasteiger partial charge in [-0.15, -0.1) is 0 Å². The lowest BCUT2D eigenvalue weighted by molar-refractivity contribution is 0.260. The minimum Gasteiger partial charge on any atom is -0.490 e. The molecular weight excluding hydrogens is 422 g/mol. The highest BCUT2D eigenvalue weighted by atomic mass is 32.2. The number of ether oxygens (including phenoxy) is 2. The zero-order valence-electron chi connectivity index (χ0n) is 18.6. The quantitative estimate of drug-likeness (QED) is 0.428. The molecule has 3 aromatic rings. The van der Waals surface area contributed by atoms with E-state index in [-0.39, 0.29) is 11.5 Å². The largest absolute Gasteiger partial charge is 0.490 e. The number of sulfonamides is 1. The Morgan fingerprint density at radius 1 is 0.906 bits per heavy atom. The number of epoxide rings is 1. The number of primary sulfonamides is 1. The van der Waals surface area contributed by atoms with E-state index in [0.717, 1.165) is 5.56 Å².